The predicted molar refractivity (Wildman–Crippen MR) is 109 cm³/mol. The zero-order valence-corrected chi connectivity index (χ0v) is 15.6. The van der Waals surface area contributed by atoms with Gasteiger partial charge in [0.2, 0.25) is 5.91 Å². The summed E-state index contributed by atoms with van der Waals surface area (Å²) in [5, 5.41) is 17.7. The van der Waals surface area contributed by atoms with Gasteiger partial charge in [-0.05, 0) is 43.5 Å². The number of aromatic nitrogens is 2. The maximum atomic E-state index is 11.9. The van der Waals surface area contributed by atoms with E-state index in [0.29, 0.717) is 5.52 Å². The van der Waals surface area contributed by atoms with Gasteiger partial charge in [0.1, 0.15) is 5.69 Å². The lowest BCUT2D eigenvalue weighted by Gasteiger charge is -2.17. The molecule has 1 amide bonds. The molecule has 1 unspecified atom stereocenters. The van der Waals surface area contributed by atoms with Crippen LogP contribution in [0.4, 0.5) is 17.1 Å². The van der Waals surface area contributed by atoms with Gasteiger partial charge in [-0.15, -0.1) is 0 Å². The molecule has 1 fully saturated rings. The zero-order chi connectivity index (χ0) is 20.5. The molecule has 1 aliphatic rings. The number of nitrogens with one attached hydrogen (secondary N) is 3. The molecule has 1 heterocycles. The zero-order valence-electron chi connectivity index (χ0n) is 15.6. The number of carbonyl (C=O) groups is 1. The van der Waals surface area contributed by atoms with Crippen molar-refractivity contribution in [3.05, 3.63) is 68.8 Å². The molecule has 148 valence electrons. The summed E-state index contributed by atoms with van der Waals surface area (Å²) in [6, 6.07) is 9.82. The third-order valence-corrected chi connectivity index (χ3v) is 4.95. The number of aromatic amines is 1. The molecule has 1 aromatic heterocycles. The van der Waals surface area contributed by atoms with Crippen molar-refractivity contribution in [2.24, 2.45) is 5.92 Å². The Balaban J connectivity index is 1.57. The van der Waals surface area contributed by atoms with E-state index in [-0.39, 0.29) is 34.6 Å². The SMILES string of the molecule is CC(Nc1cc2nc[nH]c(=O)c2cc1[N+](=O)[O-])c1ccc(NC(=O)C2CC2)cc1. The van der Waals surface area contributed by atoms with Crippen molar-refractivity contribution in [2.75, 3.05) is 10.6 Å². The van der Waals surface area contributed by atoms with Crippen molar-refractivity contribution in [1.29, 1.82) is 0 Å². The highest BCUT2D eigenvalue weighted by atomic mass is 16.6. The summed E-state index contributed by atoms with van der Waals surface area (Å²) in [6.07, 6.45) is 3.14. The fourth-order valence-corrected chi connectivity index (χ4v) is 3.13. The van der Waals surface area contributed by atoms with E-state index in [4.69, 9.17) is 0 Å². The molecule has 0 saturated heterocycles. The average molecular weight is 393 g/mol. The summed E-state index contributed by atoms with van der Waals surface area (Å²) in [6.45, 7) is 1.87. The van der Waals surface area contributed by atoms with E-state index in [9.17, 15) is 19.7 Å². The maximum absolute atomic E-state index is 11.9. The fraction of sp³-hybridized carbons (Fsp3) is 0.250. The summed E-state index contributed by atoms with van der Waals surface area (Å²) in [5.41, 5.74) is 1.63. The monoisotopic (exact) mass is 393 g/mol. The molecule has 0 aliphatic heterocycles. The third-order valence-electron chi connectivity index (χ3n) is 4.95. The first-order valence-corrected chi connectivity index (χ1v) is 9.25. The van der Waals surface area contributed by atoms with Crippen LogP contribution in [0.5, 0.6) is 0 Å². The molecule has 0 bridgehead atoms. The molecule has 0 radical (unpaired) electrons. The number of fused-ring (bicyclic) bond motifs is 1. The van der Waals surface area contributed by atoms with Crippen LogP contribution in [0.15, 0.2) is 47.5 Å². The number of nitro groups is 1. The van der Waals surface area contributed by atoms with E-state index in [1.165, 1.54) is 18.5 Å². The van der Waals surface area contributed by atoms with Gasteiger partial charge in [-0.1, -0.05) is 12.1 Å². The lowest BCUT2D eigenvalue weighted by Crippen LogP contribution is -2.13. The predicted octanol–water partition coefficient (Wildman–Crippen LogP) is 3.35. The van der Waals surface area contributed by atoms with Crippen molar-refractivity contribution in [2.45, 2.75) is 25.8 Å². The summed E-state index contributed by atoms with van der Waals surface area (Å²) in [5.74, 6) is 0.169. The number of amides is 1. The van der Waals surface area contributed by atoms with E-state index >= 15 is 0 Å². The van der Waals surface area contributed by atoms with Gasteiger partial charge in [-0.25, -0.2) is 4.98 Å². The number of H-pyrrole nitrogens is 1. The van der Waals surface area contributed by atoms with Crippen LogP contribution in [0.25, 0.3) is 10.9 Å². The van der Waals surface area contributed by atoms with Crippen molar-refractivity contribution in [3.8, 4) is 0 Å². The van der Waals surface area contributed by atoms with Crippen LogP contribution in [-0.4, -0.2) is 20.8 Å². The van der Waals surface area contributed by atoms with Crippen LogP contribution in [0.2, 0.25) is 0 Å². The minimum absolute atomic E-state index is 0.0400. The highest BCUT2D eigenvalue weighted by Gasteiger charge is 2.29. The average Bonchev–Trinajstić information content (AvgIpc) is 3.53. The Labute approximate surface area is 165 Å². The Morgan fingerprint density at radius 3 is 2.66 bits per heavy atom. The molecule has 9 nitrogen and oxygen atoms in total. The van der Waals surface area contributed by atoms with Crippen LogP contribution in [-0.2, 0) is 4.79 Å². The highest BCUT2D eigenvalue weighted by molar-refractivity contribution is 5.94. The van der Waals surface area contributed by atoms with Gasteiger partial charge in [-0.3, -0.25) is 19.7 Å². The summed E-state index contributed by atoms with van der Waals surface area (Å²) in [4.78, 5) is 41.2. The molecule has 1 aliphatic carbocycles. The third kappa shape index (κ3) is 3.93. The first kappa shape index (κ1) is 18.6. The maximum Gasteiger partial charge on any atom is 0.293 e. The number of benzene rings is 2. The quantitative estimate of drug-likeness (QED) is 0.435. The Bertz CT molecular complexity index is 1150. The van der Waals surface area contributed by atoms with Gasteiger partial charge in [0.15, 0.2) is 0 Å². The van der Waals surface area contributed by atoms with Crippen LogP contribution in [0, 0.1) is 16.0 Å². The number of carbonyl (C=O) groups excluding carboxylic acids is 1. The minimum atomic E-state index is -0.530. The van der Waals surface area contributed by atoms with Gasteiger partial charge in [-0.2, -0.15) is 0 Å². The van der Waals surface area contributed by atoms with Crippen LogP contribution in [0.1, 0.15) is 31.4 Å². The first-order chi connectivity index (χ1) is 13.9. The summed E-state index contributed by atoms with van der Waals surface area (Å²) >= 11 is 0. The number of hydrogen-bond acceptors (Lipinski definition) is 6. The van der Waals surface area contributed by atoms with Gasteiger partial charge in [0.05, 0.1) is 22.2 Å². The lowest BCUT2D eigenvalue weighted by atomic mass is 10.1. The number of nitrogens with zero attached hydrogens (tertiary/aromatic N) is 2. The van der Waals surface area contributed by atoms with Crippen molar-refractivity contribution < 1.29 is 9.72 Å². The largest absolute Gasteiger partial charge is 0.373 e. The number of nitro benzene ring substituents is 1. The minimum Gasteiger partial charge on any atom is -0.373 e. The van der Waals surface area contributed by atoms with Gasteiger partial charge in [0.25, 0.3) is 11.2 Å². The molecule has 4 rings (SSSR count). The Hall–Kier alpha value is -3.75. The molecule has 2 aromatic carbocycles. The second-order valence-corrected chi connectivity index (χ2v) is 7.13. The van der Waals surface area contributed by atoms with Gasteiger partial charge in [0, 0.05) is 23.7 Å². The standard InChI is InChI=1S/C20H19N5O4/c1-11(12-4-6-14(7-5-12)24-19(26)13-2-3-13)23-17-9-16-15(8-18(17)25(28)29)20(27)22-10-21-16/h4-11,13,23H,2-3H2,1H3,(H,24,26)(H,21,22,27). The topological polar surface area (TPSA) is 130 Å². The fourth-order valence-electron chi connectivity index (χ4n) is 3.13. The van der Waals surface area contributed by atoms with E-state index in [1.54, 1.807) is 0 Å². The normalized spacial score (nSPS) is 14.4. The van der Waals surface area contributed by atoms with Crippen LogP contribution in [0.3, 0.4) is 0 Å². The summed E-state index contributed by atoms with van der Waals surface area (Å²) < 4.78 is 0. The molecule has 29 heavy (non-hydrogen) atoms. The van der Waals surface area contributed by atoms with Gasteiger partial charge >= 0.3 is 0 Å². The van der Waals surface area contributed by atoms with E-state index in [2.05, 4.69) is 20.6 Å². The van der Waals surface area contributed by atoms with Gasteiger partial charge < -0.3 is 15.6 Å². The van der Waals surface area contributed by atoms with Crippen molar-refractivity contribution in [3.63, 3.8) is 0 Å². The number of rotatable bonds is 6. The van der Waals surface area contributed by atoms with Crippen LogP contribution < -0.4 is 16.2 Å². The molecule has 1 atom stereocenters. The Morgan fingerprint density at radius 1 is 1.28 bits per heavy atom. The van der Waals surface area contributed by atoms with Crippen LogP contribution >= 0.6 is 0 Å². The second-order valence-electron chi connectivity index (χ2n) is 7.13. The van der Waals surface area contributed by atoms with E-state index < -0.39 is 10.5 Å². The molecule has 9 heteroatoms. The first-order valence-electron chi connectivity index (χ1n) is 9.25. The molecular weight excluding hydrogens is 374 g/mol. The Morgan fingerprint density at radius 2 is 2.00 bits per heavy atom. The molecular formula is C20H19N5O4. The molecule has 1 saturated carbocycles. The van der Waals surface area contributed by atoms with E-state index in [0.717, 1.165) is 24.1 Å². The number of hydrogen-bond donors (Lipinski definition) is 3. The highest BCUT2D eigenvalue weighted by Crippen LogP contribution is 2.32. The van der Waals surface area contributed by atoms with Crippen molar-refractivity contribution >= 4 is 33.9 Å². The smallest absolute Gasteiger partial charge is 0.293 e. The van der Waals surface area contributed by atoms with Crippen molar-refractivity contribution in [1.82, 2.24) is 9.97 Å². The van der Waals surface area contributed by atoms with E-state index in [1.807, 2.05) is 31.2 Å². The number of anilines is 2. The summed E-state index contributed by atoms with van der Waals surface area (Å²) in [7, 11) is 0. The second kappa shape index (κ2) is 7.34. The molecule has 3 N–H and O–H groups in total. The Kier molecular flexibility index (Phi) is 4.71. The molecule has 0 spiro atoms. The molecule has 3 aromatic rings. The lowest BCUT2D eigenvalue weighted by molar-refractivity contribution is -0.383.